The maximum atomic E-state index is 13.4. The Kier molecular flexibility index (Phi) is 6.15. The van der Waals surface area contributed by atoms with E-state index in [2.05, 4.69) is 10.1 Å². The number of halogens is 4. The molecule has 10 heteroatoms. The number of nitrogens with one attached hydrogen (secondary N) is 1. The molecule has 0 saturated heterocycles. The first-order chi connectivity index (χ1) is 13.4. The van der Waals surface area contributed by atoms with E-state index >= 15 is 0 Å². The minimum atomic E-state index is -4.93. The highest BCUT2D eigenvalue weighted by Gasteiger charge is 2.34. The van der Waals surface area contributed by atoms with E-state index in [0.29, 0.717) is 17.8 Å². The van der Waals surface area contributed by atoms with E-state index in [0.717, 1.165) is 6.07 Å². The Morgan fingerprint density at radius 3 is 2.34 bits per heavy atom. The lowest BCUT2D eigenvalue weighted by molar-refractivity contribution is -0.140. The number of ether oxygens (including phenoxy) is 1. The van der Waals surface area contributed by atoms with Crippen molar-refractivity contribution in [3.8, 4) is 0 Å². The Hall–Kier alpha value is -3.17. The van der Waals surface area contributed by atoms with Gasteiger partial charge in [0.25, 0.3) is 11.7 Å². The van der Waals surface area contributed by atoms with Crippen LogP contribution in [0, 0.1) is 19.7 Å². The summed E-state index contributed by atoms with van der Waals surface area (Å²) >= 11 is 0. The maximum absolute atomic E-state index is 13.4. The SMILES string of the molecule is CCOC(=O)C(=O)c1c(C)c(C(=O)Nc2ccc(F)c(C(F)(F)F)c2)n(C)c1C. The number of benzene rings is 1. The Morgan fingerprint density at radius 1 is 1.17 bits per heavy atom. The number of carbonyl (C=O) groups is 3. The van der Waals surface area contributed by atoms with Gasteiger partial charge in [-0.25, -0.2) is 9.18 Å². The minimum Gasteiger partial charge on any atom is -0.460 e. The number of Topliss-reactive ketones (excluding diaryl/α,β-unsaturated/α-hetero) is 1. The van der Waals surface area contributed by atoms with Crippen molar-refractivity contribution in [1.29, 1.82) is 0 Å². The molecule has 0 aliphatic heterocycles. The van der Waals surface area contributed by atoms with E-state index in [1.165, 1.54) is 32.4 Å². The molecule has 0 aliphatic rings. The Labute approximate surface area is 163 Å². The molecule has 0 unspecified atom stereocenters. The molecule has 0 radical (unpaired) electrons. The van der Waals surface area contributed by atoms with Crippen molar-refractivity contribution < 1.29 is 36.7 Å². The summed E-state index contributed by atoms with van der Waals surface area (Å²) in [6.07, 6.45) is -4.93. The molecular formula is C19H18F4N2O4. The molecule has 0 aliphatic carbocycles. The van der Waals surface area contributed by atoms with Gasteiger partial charge in [0.15, 0.2) is 0 Å². The molecule has 29 heavy (non-hydrogen) atoms. The van der Waals surface area contributed by atoms with Crippen molar-refractivity contribution in [2.75, 3.05) is 11.9 Å². The summed E-state index contributed by atoms with van der Waals surface area (Å²) < 4.78 is 58.0. The lowest BCUT2D eigenvalue weighted by Gasteiger charge is -2.12. The number of amides is 1. The first-order valence-electron chi connectivity index (χ1n) is 8.45. The van der Waals surface area contributed by atoms with Crippen LogP contribution in [0.4, 0.5) is 23.2 Å². The summed E-state index contributed by atoms with van der Waals surface area (Å²) in [6.45, 7) is 4.47. The number of carbonyl (C=O) groups excluding carboxylic acids is 3. The van der Waals surface area contributed by atoms with Gasteiger partial charge in [0.05, 0.1) is 17.7 Å². The van der Waals surface area contributed by atoms with Gasteiger partial charge in [-0.1, -0.05) is 0 Å². The summed E-state index contributed by atoms with van der Waals surface area (Å²) in [5.41, 5.74) is -1.38. The van der Waals surface area contributed by atoms with Crippen LogP contribution in [0.15, 0.2) is 18.2 Å². The number of hydrogen-bond acceptors (Lipinski definition) is 4. The molecule has 0 saturated carbocycles. The van der Waals surface area contributed by atoms with Crippen molar-refractivity contribution in [1.82, 2.24) is 4.57 Å². The molecule has 1 heterocycles. The van der Waals surface area contributed by atoms with Crippen LogP contribution in [0.5, 0.6) is 0 Å². The molecule has 2 aromatic rings. The zero-order chi connectivity index (χ0) is 22.1. The zero-order valence-corrected chi connectivity index (χ0v) is 16.0. The molecule has 0 spiro atoms. The van der Waals surface area contributed by atoms with Gasteiger partial charge < -0.3 is 14.6 Å². The first kappa shape index (κ1) is 22.1. The van der Waals surface area contributed by atoms with Crippen LogP contribution in [0.25, 0.3) is 0 Å². The van der Waals surface area contributed by atoms with Crippen LogP contribution in [-0.4, -0.2) is 28.8 Å². The fourth-order valence-electron chi connectivity index (χ4n) is 2.94. The summed E-state index contributed by atoms with van der Waals surface area (Å²) in [7, 11) is 1.46. The number of rotatable bonds is 5. The first-order valence-corrected chi connectivity index (χ1v) is 8.45. The van der Waals surface area contributed by atoms with Gasteiger partial charge in [0.1, 0.15) is 11.5 Å². The molecule has 0 bridgehead atoms. The highest BCUT2D eigenvalue weighted by Crippen LogP contribution is 2.33. The molecule has 1 aromatic carbocycles. The van der Waals surface area contributed by atoms with Gasteiger partial charge in [-0.15, -0.1) is 0 Å². The Balaban J connectivity index is 2.42. The van der Waals surface area contributed by atoms with Crippen molar-refractivity contribution in [3.05, 3.63) is 52.1 Å². The van der Waals surface area contributed by atoms with Crippen molar-refractivity contribution in [2.24, 2.45) is 7.05 Å². The summed E-state index contributed by atoms with van der Waals surface area (Å²) in [5, 5.41) is 2.26. The van der Waals surface area contributed by atoms with Crippen LogP contribution in [-0.2, 0) is 22.8 Å². The minimum absolute atomic E-state index is 0.00501. The summed E-state index contributed by atoms with van der Waals surface area (Å²) in [6, 6.07) is 2.05. The second-order valence-electron chi connectivity index (χ2n) is 6.19. The molecule has 0 atom stereocenters. The van der Waals surface area contributed by atoms with Crippen LogP contribution < -0.4 is 5.32 Å². The number of ketones is 1. The molecule has 1 amide bonds. The van der Waals surface area contributed by atoms with Gasteiger partial charge >= 0.3 is 12.1 Å². The number of nitrogens with zero attached hydrogens (tertiary/aromatic N) is 1. The fraction of sp³-hybridized carbons (Fsp3) is 0.316. The molecule has 0 fully saturated rings. The quantitative estimate of drug-likeness (QED) is 0.350. The average molecular weight is 414 g/mol. The highest BCUT2D eigenvalue weighted by molar-refractivity contribution is 6.41. The highest BCUT2D eigenvalue weighted by atomic mass is 19.4. The van der Waals surface area contributed by atoms with Crippen LogP contribution in [0.1, 0.15) is 44.6 Å². The molecule has 1 aromatic heterocycles. The number of esters is 1. The molecule has 1 N–H and O–H groups in total. The standard InChI is InChI=1S/C19H18F4N2O4/c1-5-29-18(28)16(26)14-9(2)15(25(4)10(14)3)17(27)24-11-6-7-13(20)12(8-11)19(21,22)23/h6-8H,5H2,1-4H3,(H,24,27). The van der Waals surface area contributed by atoms with E-state index < -0.39 is 35.2 Å². The summed E-state index contributed by atoms with van der Waals surface area (Å²) in [4.78, 5) is 36.7. The van der Waals surface area contributed by atoms with Gasteiger partial charge in [0.2, 0.25) is 0 Å². The summed E-state index contributed by atoms with van der Waals surface area (Å²) in [5.74, 6) is -4.30. The number of alkyl halides is 3. The normalized spacial score (nSPS) is 11.3. The van der Waals surface area contributed by atoms with Crippen molar-refractivity contribution in [3.63, 3.8) is 0 Å². The predicted octanol–water partition coefficient (Wildman–Crippen LogP) is 3.80. The topological polar surface area (TPSA) is 77.4 Å². The third-order valence-corrected chi connectivity index (χ3v) is 4.36. The van der Waals surface area contributed by atoms with Crippen LogP contribution in [0.2, 0.25) is 0 Å². The maximum Gasteiger partial charge on any atom is 0.419 e. The van der Waals surface area contributed by atoms with Gasteiger partial charge in [0, 0.05) is 18.4 Å². The average Bonchev–Trinajstić information content (AvgIpc) is 2.84. The van der Waals surface area contributed by atoms with E-state index in [-0.39, 0.29) is 29.1 Å². The van der Waals surface area contributed by atoms with Gasteiger partial charge in [-0.3, -0.25) is 9.59 Å². The second-order valence-corrected chi connectivity index (χ2v) is 6.19. The second kappa shape index (κ2) is 8.06. The van der Waals surface area contributed by atoms with E-state index in [1.807, 2.05) is 0 Å². The number of aromatic nitrogens is 1. The smallest absolute Gasteiger partial charge is 0.419 e. The lowest BCUT2D eigenvalue weighted by atomic mass is 10.1. The Bertz CT molecular complexity index is 993. The largest absolute Gasteiger partial charge is 0.460 e. The molecular weight excluding hydrogens is 396 g/mol. The monoisotopic (exact) mass is 414 g/mol. The van der Waals surface area contributed by atoms with E-state index in [1.54, 1.807) is 0 Å². The molecule has 156 valence electrons. The third-order valence-electron chi connectivity index (χ3n) is 4.36. The molecule has 2 rings (SSSR count). The van der Waals surface area contributed by atoms with Crippen molar-refractivity contribution >= 4 is 23.3 Å². The van der Waals surface area contributed by atoms with E-state index in [9.17, 15) is 31.9 Å². The zero-order valence-electron chi connectivity index (χ0n) is 16.0. The van der Waals surface area contributed by atoms with E-state index in [4.69, 9.17) is 0 Å². The van der Waals surface area contributed by atoms with Gasteiger partial charge in [-0.2, -0.15) is 13.2 Å². The van der Waals surface area contributed by atoms with Crippen LogP contribution >= 0.6 is 0 Å². The number of anilines is 1. The lowest BCUT2D eigenvalue weighted by Crippen LogP contribution is -2.19. The molecule has 6 nitrogen and oxygen atoms in total. The third kappa shape index (κ3) is 4.30. The Morgan fingerprint density at radius 2 is 1.79 bits per heavy atom. The van der Waals surface area contributed by atoms with Crippen molar-refractivity contribution in [2.45, 2.75) is 26.9 Å². The van der Waals surface area contributed by atoms with Gasteiger partial charge in [-0.05, 0) is 44.5 Å². The number of hydrogen-bond donors (Lipinski definition) is 1. The van der Waals surface area contributed by atoms with Crippen LogP contribution in [0.3, 0.4) is 0 Å². The fourth-order valence-corrected chi connectivity index (χ4v) is 2.94. The predicted molar refractivity (Wildman–Crippen MR) is 95.2 cm³/mol.